The molecule has 0 heterocycles. The predicted octanol–water partition coefficient (Wildman–Crippen LogP) is 1.52. The van der Waals surface area contributed by atoms with Crippen LogP contribution in [-0.2, 0) is 9.59 Å². The Morgan fingerprint density at radius 3 is 2.31 bits per heavy atom. The highest BCUT2D eigenvalue weighted by molar-refractivity contribution is 5.68. The van der Waals surface area contributed by atoms with E-state index in [-0.39, 0.29) is 18.8 Å². The minimum Gasteiger partial charge on any atom is -0.481 e. The van der Waals surface area contributed by atoms with E-state index in [9.17, 15) is 9.59 Å². The van der Waals surface area contributed by atoms with Crippen molar-refractivity contribution in [1.29, 1.82) is 0 Å². The third-order valence-electron chi connectivity index (χ3n) is 1.52. The van der Waals surface area contributed by atoms with E-state index in [1.165, 1.54) is 0 Å². The second kappa shape index (κ2) is 6.22. The van der Waals surface area contributed by atoms with Crippen LogP contribution in [0.2, 0.25) is 0 Å². The topological polar surface area (TPSA) is 74.6 Å². The Kier molecular flexibility index (Phi) is 5.59. The van der Waals surface area contributed by atoms with Crippen molar-refractivity contribution in [1.82, 2.24) is 0 Å². The highest BCUT2D eigenvalue weighted by Crippen LogP contribution is 2.07. The number of hydrogen-bond acceptors (Lipinski definition) is 2. The molecule has 0 saturated heterocycles. The van der Waals surface area contributed by atoms with Gasteiger partial charge in [-0.05, 0) is 12.3 Å². The van der Waals surface area contributed by atoms with Crippen molar-refractivity contribution in [3.05, 3.63) is 12.2 Å². The SMILES string of the molecule is CC(CC=CCC(=O)O)CC(=O)O. The molecule has 0 amide bonds. The third-order valence-corrected chi connectivity index (χ3v) is 1.52. The summed E-state index contributed by atoms with van der Waals surface area (Å²) in [7, 11) is 0. The van der Waals surface area contributed by atoms with Crippen molar-refractivity contribution in [3.8, 4) is 0 Å². The number of hydrogen-bond donors (Lipinski definition) is 2. The molecule has 0 rings (SSSR count). The fraction of sp³-hybridized carbons (Fsp3) is 0.556. The first kappa shape index (κ1) is 11.7. The largest absolute Gasteiger partial charge is 0.481 e. The van der Waals surface area contributed by atoms with Gasteiger partial charge in [-0.15, -0.1) is 0 Å². The predicted molar refractivity (Wildman–Crippen MR) is 47.4 cm³/mol. The van der Waals surface area contributed by atoms with Gasteiger partial charge in [-0.2, -0.15) is 0 Å². The second-order valence-corrected chi connectivity index (χ2v) is 3.01. The van der Waals surface area contributed by atoms with E-state index < -0.39 is 11.9 Å². The molecule has 0 aliphatic carbocycles. The zero-order valence-electron chi connectivity index (χ0n) is 7.56. The molecule has 13 heavy (non-hydrogen) atoms. The minimum atomic E-state index is -0.873. The number of carboxylic acid groups (broad SMARTS) is 2. The summed E-state index contributed by atoms with van der Waals surface area (Å²) < 4.78 is 0. The molecule has 0 aliphatic rings. The minimum absolute atomic E-state index is 0.000207. The molecular weight excluding hydrogens is 172 g/mol. The van der Waals surface area contributed by atoms with Gasteiger partial charge in [0.15, 0.2) is 0 Å². The average Bonchev–Trinajstić information content (AvgIpc) is 1.96. The van der Waals surface area contributed by atoms with Gasteiger partial charge in [-0.25, -0.2) is 0 Å². The zero-order chi connectivity index (χ0) is 10.3. The van der Waals surface area contributed by atoms with E-state index in [0.717, 1.165) is 0 Å². The average molecular weight is 186 g/mol. The molecule has 0 bridgehead atoms. The van der Waals surface area contributed by atoms with Crippen molar-refractivity contribution >= 4 is 11.9 Å². The number of carboxylic acids is 2. The van der Waals surface area contributed by atoms with Gasteiger partial charge < -0.3 is 10.2 Å². The number of carbonyl (C=O) groups is 2. The fourth-order valence-electron chi connectivity index (χ4n) is 0.894. The summed E-state index contributed by atoms with van der Waals surface area (Å²) in [6.45, 7) is 1.82. The molecule has 0 fully saturated rings. The first-order valence-corrected chi connectivity index (χ1v) is 4.11. The maximum Gasteiger partial charge on any atom is 0.307 e. The first-order valence-electron chi connectivity index (χ1n) is 4.11. The summed E-state index contributed by atoms with van der Waals surface area (Å²) in [5.74, 6) is -1.64. The van der Waals surface area contributed by atoms with Crippen LogP contribution in [0.5, 0.6) is 0 Å². The standard InChI is InChI=1S/C9H14O4/c1-7(6-9(12)13)4-2-3-5-8(10)11/h2-3,7H,4-6H2,1H3,(H,10,11)(H,12,13). The molecule has 0 aromatic rings. The van der Waals surface area contributed by atoms with Crippen LogP contribution in [0, 0.1) is 5.92 Å². The van der Waals surface area contributed by atoms with Crippen LogP contribution in [0.3, 0.4) is 0 Å². The van der Waals surface area contributed by atoms with Crippen molar-refractivity contribution in [2.75, 3.05) is 0 Å². The van der Waals surface area contributed by atoms with Crippen LogP contribution in [-0.4, -0.2) is 22.2 Å². The van der Waals surface area contributed by atoms with E-state index in [1.807, 2.05) is 6.92 Å². The highest BCUT2D eigenvalue weighted by Gasteiger charge is 2.04. The maximum atomic E-state index is 10.2. The summed E-state index contributed by atoms with van der Waals surface area (Å²) in [5.41, 5.74) is 0. The number of allylic oxidation sites excluding steroid dienone is 1. The summed E-state index contributed by atoms with van der Waals surface area (Å²) in [4.78, 5) is 20.3. The second-order valence-electron chi connectivity index (χ2n) is 3.01. The molecule has 0 aromatic heterocycles. The smallest absolute Gasteiger partial charge is 0.307 e. The van der Waals surface area contributed by atoms with Crippen molar-refractivity contribution in [2.24, 2.45) is 5.92 Å². The third kappa shape index (κ3) is 8.59. The molecule has 0 aromatic carbocycles. The molecule has 2 N–H and O–H groups in total. The van der Waals surface area contributed by atoms with E-state index in [0.29, 0.717) is 6.42 Å². The zero-order valence-corrected chi connectivity index (χ0v) is 7.56. The molecule has 4 heteroatoms. The Morgan fingerprint density at radius 1 is 1.23 bits per heavy atom. The number of aliphatic carboxylic acids is 2. The van der Waals surface area contributed by atoms with Crippen LogP contribution in [0.1, 0.15) is 26.2 Å². The van der Waals surface area contributed by atoms with Crippen LogP contribution in [0.25, 0.3) is 0 Å². The van der Waals surface area contributed by atoms with Crippen molar-refractivity contribution < 1.29 is 19.8 Å². The lowest BCUT2D eigenvalue weighted by molar-refractivity contribution is -0.138. The van der Waals surface area contributed by atoms with Gasteiger partial charge in [0.05, 0.1) is 6.42 Å². The summed E-state index contributed by atoms with van der Waals surface area (Å²) in [6, 6.07) is 0. The van der Waals surface area contributed by atoms with E-state index >= 15 is 0 Å². The highest BCUT2D eigenvalue weighted by atomic mass is 16.4. The Labute approximate surface area is 76.9 Å². The van der Waals surface area contributed by atoms with Gasteiger partial charge in [0.25, 0.3) is 0 Å². The van der Waals surface area contributed by atoms with Gasteiger partial charge in [-0.1, -0.05) is 19.1 Å². The van der Waals surface area contributed by atoms with Crippen LogP contribution in [0.4, 0.5) is 0 Å². The lowest BCUT2D eigenvalue weighted by atomic mass is 10.0. The monoisotopic (exact) mass is 186 g/mol. The Morgan fingerprint density at radius 2 is 1.85 bits per heavy atom. The summed E-state index contributed by atoms with van der Waals surface area (Å²) in [5, 5.41) is 16.7. The van der Waals surface area contributed by atoms with Gasteiger partial charge >= 0.3 is 11.9 Å². The van der Waals surface area contributed by atoms with Gasteiger partial charge in [0.1, 0.15) is 0 Å². The Balaban J connectivity index is 3.56. The molecule has 4 nitrogen and oxygen atoms in total. The van der Waals surface area contributed by atoms with Gasteiger partial charge in [0, 0.05) is 6.42 Å². The maximum absolute atomic E-state index is 10.2. The summed E-state index contributed by atoms with van der Waals surface area (Å²) >= 11 is 0. The molecular formula is C9H14O4. The first-order chi connectivity index (χ1) is 6.02. The van der Waals surface area contributed by atoms with E-state index in [1.54, 1.807) is 12.2 Å². The van der Waals surface area contributed by atoms with Gasteiger partial charge in [-0.3, -0.25) is 9.59 Å². The molecule has 0 saturated carbocycles. The van der Waals surface area contributed by atoms with E-state index in [4.69, 9.17) is 10.2 Å². The molecule has 0 aliphatic heterocycles. The Bertz CT molecular complexity index is 208. The van der Waals surface area contributed by atoms with Crippen LogP contribution >= 0.6 is 0 Å². The Hall–Kier alpha value is -1.32. The normalized spacial score (nSPS) is 13.0. The molecule has 0 radical (unpaired) electrons. The molecule has 1 atom stereocenters. The van der Waals surface area contributed by atoms with E-state index in [2.05, 4.69) is 0 Å². The number of rotatable bonds is 6. The lowest BCUT2D eigenvalue weighted by Gasteiger charge is -2.02. The molecule has 0 spiro atoms. The summed E-state index contributed by atoms with van der Waals surface area (Å²) in [6.07, 6.45) is 3.99. The van der Waals surface area contributed by atoms with Crippen LogP contribution in [0.15, 0.2) is 12.2 Å². The molecule has 1 unspecified atom stereocenters. The fourth-order valence-corrected chi connectivity index (χ4v) is 0.894. The van der Waals surface area contributed by atoms with Gasteiger partial charge in [0.2, 0.25) is 0 Å². The van der Waals surface area contributed by atoms with Crippen LogP contribution < -0.4 is 0 Å². The van der Waals surface area contributed by atoms with Crippen molar-refractivity contribution in [3.63, 3.8) is 0 Å². The quantitative estimate of drug-likeness (QED) is 0.616. The lowest BCUT2D eigenvalue weighted by Crippen LogP contribution is -2.02. The van der Waals surface area contributed by atoms with Crippen molar-refractivity contribution in [2.45, 2.75) is 26.2 Å². The molecule has 74 valence electrons.